The van der Waals surface area contributed by atoms with Crippen LogP contribution in [0.25, 0.3) is 10.9 Å². The summed E-state index contributed by atoms with van der Waals surface area (Å²) in [6, 6.07) is 21.5. The molecule has 0 atom stereocenters. The van der Waals surface area contributed by atoms with Crippen molar-refractivity contribution >= 4 is 40.2 Å². The number of ether oxygens (including phenoxy) is 3. The van der Waals surface area contributed by atoms with Gasteiger partial charge in [-0.1, -0.05) is 30.3 Å². The lowest BCUT2D eigenvalue weighted by Gasteiger charge is -2.12. The highest BCUT2D eigenvalue weighted by atomic mass is 32.2. The number of benzene rings is 3. The standard InChI is InChI=1S/C27H24N2O5S/c1-17-11-12-18-7-6-9-22(26(18)28-17)34-27(31)20-8-4-5-10-24(20)35-16-25(30)29-19-13-14-21(32-2)23(15-19)33-3/h4-15H,16H2,1-3H3,(H,29,30). The van der Waals surface area contributed by atoms with E-state index in [4.69, 9.17) is 14.2 Å². The summed E-state index contributed by atoms with van der Waals surface area (Å²) in [5.74, 6) is 0.853. The first-order chi connectivity index (χ1) is 17.0. The van der Waals surface area contributed by atoms with Crippen LogP contribution < -0.4 is 19.5 Å². The number of amides is 1. The zero-order chi connectivity index (χ0) is 24.8. The van der Waals surface area contributed by atoms with Gasteiger partial charge in [0.25, 0.3) is 0 Å². The van der Waals surface area contributed by atoms with Crippen LogP contribution in [0.2, 0.25) is 0 Å². The van der Waals surface area contributed by atoms with Crippen molar-refractivity contribution in [1.29, 1.82) is 0 Å². The molecule has 1 aromatic heterocycles. The second kappa shape index (κ2) is 10.9. The molecule has 1 amide bonds. The zero-order valence-corrected chi connectivity index (χ0v) is 20.3. The van der Waals surface area contributed by atoms with Gasteiger partial charge in [0.15, 0.2) is 17.2 Å². The van der Waals surface area contributed by atoms with E-state index in [9.17, 15) is 9.59 Å². The third kappa shape index (κ3) is 5.73. The Hall–Kier alpha value is -4.04. The molecule has 0 bridgehead atoms. The van der Waals surface area contributed by atoms with Gasteiger partial charge in [0.1, 0.15) is 5.52 Å². The lowest BCUT2D eigenvalue weighted by atomic mass is 10.2. The molecular weight excluding hydrogens is 464 g/mol. The minimum atomic E-state index is -0.510. The molecule has 0 fully saturated rings. The van der Waals surface area contributed by atoms with Crippen LogP contribution in [-0.4, -0.2) is 36.8 Å². The Labute approximate surface area is 207 Å². The number of carbonyl (C=O) groups is 2. The first-order valence-corrected chi connectivity index (χ1v) is 11.8. The number of rotatable bonds is 8. The summed E-state index contributed by atoms with van der Waals surface area (Å²) >= 11 is 1.25. The van der Waals surface area contributed by atoms with E-state index in [0.717, 1.165) is 11.1 Å². The van der Waals surface area contributed by atoms with Gasteiger partial charge in [0, 0.05) is 27.7 Å². The molecule has 1 N–H and O–H groups in total. The highest BCUT2D eigenvalue weighted by Crippen LogP contribution is 2.31. The zero-order valence-electron chi connectivity index (χ0n) is 19.5. The molecular formula is C27H24N2O5S. The SMILES string of the molecule is COc1ccc(NC(=O)CSc2ccccc2C(=O)Oc2cccc3ccc(C)nc23)cc1OC. The maximum atomic E-state index is 13.0. The summed E-state index contributed by atoms with van der Waals surface area (Å²) in [4.78, 5) is 30.8. The normalized spacial score (nSPS) is 10.6. The van der Waals surface area contributed by atoms with Gasteiger partial charge in [0.2, 0.25) is 5.91 Å². The predicted octanol–water partition coefficient (Wildman–Crippen LogP) is 5.51. The number of aromatic nitrogens is 1. The van der Waals surface area contributed by atoms with Crippen molar-refractivity contribution in [1.82, 2.24) is 4.98 Å². The fourth-order valence-corrected chi connectivity index (χ4v) is 4.31. The Morgan fingerprint density at radius 3 is 2.49 bits per heavy atom. The number of esters is 1. The number of fused-ring (bicyclic) bond motifs is 1. The monoisotopic (exact) mass is 488 g/mol. The molecule has 0 saturated carbocycles. The van der Waals surface area contributed by atoms with Gasteiger partial charge in [-0.25, -0.2) is 9.78 Å². The van der Waals surface area contributed by atoms with E-state index in [1.165, 1.54) is 18.9 Å². The van der Waals surface area contributed by atoms with Gasteiger partial charge in [-0.3, -0.25) is 4.79 Å². The van der Waals surface area contributed by atoms with Crippen LogP contribution >= 0.6 is 11.8 Å². The van der Waals surface area contributed by atoms with Crippen LogP contribution in [0, 0.1) is 6.92 Å². The van der Waals surface area contributed by atoms with Crippen LogP contribution in [0.3, 0.4) is 0 Å². The van der Waals surface area contributed by atoms with Crippen molar-refractivity contribution in [3.63, 3.8) is 0 Å². The summed E-state index contributed by atoms with van der Waals surface area (Å²) in [6.45, 7) is 1.89. The topological polar surface area (TPSA) is 86.8 Å². The van der Waals surface area contributed by atoms with Gasteiger partial charge >= 0.3 is 5.97 Å². The van der Waals surface area contributed by atoms with Crippen LogP contribution in [0.1, 0.15) is 16.1 Å². The van der Waals surface area contributed by atoms with E-state index in [1.54, 1.807) is 49.6 Å². The van der Waals surface area contributed by atoms with E-state index in [1.807, 2.05) is 37.3 Å². The molecule has 0 aliphatic rings. The Bertz CT molecular complexity index is 1390. The molecule has 0 aliphatic carbocycles. The van der Waals surface area contributed by atoms with Crippen molar-refractivity contribution in [2.75, 3.05) is 25.3 Å². The fourth-order valence-electron chi connectivity index (χ4n) is 3.47. The molecule has 35 heavy (non-hydrogen) atoms. The molecule has 0 spiro atoms. The minimum absolute atomic E-state index is 0.105. The smallest absolute Gasteiger partial charge is 0.344 e. The molecule has 8 heteroatoms. The van der Waals surface area contributed by atoms with Crippen molar-refractivity contribution in [2.45, 2.75) is 11.8 Å². The largest absolute Gasteiger partial charge is 0.493 e. The quantitative estimate of drug-likeness (QED) is 0.199. The lowest BCUT2D eigenvalue weighted by molar-refractivity contribution is -0.113. The number of nitrogens with zero attached hydrogens (tertiary/aromatic N) is 1. The molecule has 4 aromatic rings. The number of para-hydroxylation sites is 1. The minimum Gasteiger partial charge on any atom is -0.493 e. The molecule has 4 rings (SSSR count). The number of thioether (sulfide) groups is 1. The Morgan fingerprint density at radius 2 is 1.69 bits per heavy atom. The van der Waals surface area contributed by atoms with Gasteiger partial charge in [-0.05, 0) is 43.3 Å². The van der Waals surface area contributed by atoms with Crippen molar-refractivity contribution < 1.29 is 23.8 Å². The van der Waals surface area contributed by atoms with E-state index < -0.39 is 5.97 Å². The summed E-state index contributed by atoms with van der Waals surface area (Å²) in [5.41, 5.74) is 2.42. The lowest BCUT2D eigenvalue weighted by Crippen LogP contribution is -2.15. The van der Waals surface area contributed by atoms with E-state index >= 15 is 0 Å². The van der Waals surface area contributed by atoms with Crippen molar-refractivity contribution in [2.24, 2.45) is 0 Å². The molecule has 3 aromatic carbocycles. The third-order valence-electron chi connectivity index (χ3n) is 5.16. The first kappa shape index (κ1) is 24.1. The average Bonchev–Trinajstić information content (AvgIpc) is 2.87. The molecule has 7 nitrogen and oxygen atoms in total. The number of nitrogens with one attached hydrogen (secondary N) is 1. The molecule has 0 aliphatic heterocycles. The Kier molecular flexibility index (Phi) is 7.52. The molecule has 1 heterocycles. The van der Waals surface area contributed by atoms with Crippen LogP contribution in [0.5, 0.6) is 17.2 Å². The second-order valence-electron chi connectivity index (χ2n) is 7.57. The van der Waals surface area contributed by atoms with Crippen molar-refractivity contribution in [3.8, 4) is 17.2 Å². The summed E-state index contributed by atoms with van der Waals surface area (Å²) in [6.07, 6.45) is 0. The summed E-state index contributed by atoms with van der Waals surface area (Å²) in [7, 11) is 3.08. The van der Waals surface area contributed by atoms with Crippen molar-refractivity contribution in [3.05, 3.63) is 84.1 Å². The average molecular weight is 489 g/mol. The number of anilines is 1. The van der Waals surface area contributed by atoms with Crippen LogP contribution in [0.4, 0.5) is 5.69 Å². The Balaban J connectivity index is 1.45. The van der Waals surface area contributed by atoms with Crippen LogP contribution in [-0.2, 0) is 4.79 Å². The van der Waals surface area contributed by atoms with Gasteiger partial charge in [-0.2, -0.15) is 0 Å². The first-order valence-electron chi connectivity index (χ1n) is 10.8. The molecule has 0 radical (unpaired) electrons. The number of aryl methyl sites for hydroxylation is 1. The highest BCUT2D eigenvalue weighted by molar-refractivity contribution is 8.00. The number of methoxy groups -OCH3 is 2. The number of carbonyl (C=O) groups excluding carboxylic acids is 2. The number of hydrogen-bond acceptors (Lipinski definition) is 7. The third-order valence-corrected chi connectivity index (χ3v) is 6.23. The van der Waals surface area contributed by atoms with Crippen LogP contribution in [0.15, 0.2) is 77.7 Å². The molecule has 0 saturated heterocycles. The van der Waals surface area contributed by atoms with Gasteiger partial charge in [0.05, 0.1) is 25.5 Å². The maximum absolute atomic E-state index is 13.0. The maximum Gasteiger partial charge on any atom is 0.344 e. The van der Waals surface area contributed by atoms with Gasteiger partial charge < -0.3 is 19.5 Å². The number of hydrogen-bond donors (Lipinski definition) is 1. The highest BCUT2D eigenvalue weighted by Gasteiger charge is 2.17. The molecule has 178 valence electrons. The predicted molar refractivity (Wildman–Crippen MR) is 137 cm³/mol. The summed E-state index contributed by atoms with van der Waals surface area (Å²) in [5, 5.41) is 3.72. The fraction of sp³-hybridized carbons (Fsp3) is 0.148. The van der Waals surface area contributed by atoms with Gasteiger partial charge in [-0.15, -0.1) is 11.8 Å². The number of pyridine rings is 1. The van der Waals surface area contributed by atoms with E-state index in [2.05, 4.69) is 10.3 Å². The summed E-state index contributed by atoms with van der Waals surface area (Å²) < 4.78 is 16.2. The Morgan fingerprint density at radius 1 is 0.886 bits per heavy atom. The molecule has 0 unspecified atom stereocenters. The van der Waals surface area contributed by atoms with E-state index in [-0.39, 0.29) is 11.7 Å². The second-order valence-corrected chi connectivity index (χ2v) is 8.59. The van der Waals surface area contributed by atoms with E-state index in [0.29, 0.717) is 38.9 Å².